The van der Waals surface area contributed by atoms with Crippen molar-refractivity contribution in [2.24, 2.45) is 0 Å². The number of rotatable bonds is 1. The lowest BCUT2D eigenvalue weighted by molar-refractivity contribution is -0.301. The van der Waals surface area contributed by atoms with Gasteiger partial charge in [-0.25, -0.2) is 0 Å². The van der Waals surface area contributed by atoms with Gasteiger partial charge in [0.05, 0.1) is 5.97 Å². The minimum atomic E-state index is -1.13. The Balaban J connectivity index is 0.000000252. The van der Waals surface area contributed by atoms with Gasteiger partial charge in [-0.15, -0.1) is 0 Å². The number of aliphatic carboxylic acids is 1. The van der Waals surface area contributed by atoms with E-state index in [1.807, 2.05) is 0 Å². The smallest absolute Gasteiger partial charge is 0.178 e. The van der Waals surface area contributed by atoms with Gasteiger partial charge in [-0.05, 0) is 24.3 Å². The fourth-order valence-electron chi connectivity index (χ4n) is 0.440. The molecule has 0 heterocycles. The number of carbonyl (C=O) groups is 3. The van der Waals surface area contributed by atoms with Crippen LogP contribution in [0, 0.1) is 0 Å². The number of carbonyl (C=O) groups excluding carboxylic acids is 3. The molecule has 0 amide bonds. The number of allylic oxidation sites excluding steroid dienone is 4. The van der Waals surface area contributed by atoms with Gasteiger partial charge in [-0.3, -0.25) is 9.59 Å². The second-order valence-corrected chi connectivity index (χ2v) is 2.32. The monoisotopic (exact) mass is 199 g/mol. The van der Waals surface area contributed by atoms with Gasteiger partial charge in [0, 0.05) is 5.75 Å². The molecule has 13 heavy (non-hydrogen) atoms. The van der Waals surface area contributed by atoms with Gasteiger partial charge in [0.1, 0.15) is 0 Å². The molecule has 0 aromatic heterocycles. The lowest BCUT2D eigenvalue weighted by atomic mass is 10.2. The molecule has 0 fully saturated rings. The van der Waals surface area contributed by atoms with Crippen LogP contribution >= 0.6 is 12.6 Å². The van der Waals surface area contributed by atoms with Crippen LogP contribution in [0.2, 0.25) is 0 Å². The molecule has 4 nitrogen and oxygen atoms in total. The molecule has 0 spiro atoms. The summed E-state index contributed by atoms with van der Waals surface area (Å²) >= 11 is 3.35. The second-order valence-electron chi connectivity index (χ2n) is 2.00. The van der Waals surface area contributed by atoms with Gasteiger partial charge in [0.2, 0.25) is 0 Å². The van der Waals surface area contributed by atoms with Gasteiger partial charge in [-0.1, -0.05) is 0 Å². The summed E-state index contributed by atoms with van der Waals surface area (Å²) < 4.78 is 0. The molecule has 5 heteroatoms. The first kappa shape index (κ1) is 11.6. The van der Waals surface area contributed by atoms with Gasteiger partial charge >= 0.3 is 0 Å². The summed E-state index contributed by atoms with van der Waals surface area (Å²) in [4.78, 5) is 29.7. The van der Waals surface area contributed by atoms with E-state index in [1.54, 1.807) is 0 Å². The Hall–Kier alpha value is -1.36. The largest absolute Gasteiger partial charge is 0.549 e. The lowest BCUT2D eigenvalue weighted by Gasteiger charge is -1.87. The maximum Gasteiger partial charge on any atom is 0.178 e. The van der Waals surface area contributed by atoms with Crippen molar-refractivity contribution in [2.45, 2.75) is 0 Å². The van der Waals surface area contributed by atoms with Crippen molar-refractivity contribution in [2.75, 3.05) is 5.75 Å². The Kier molecular flexibility index (Phi) is 5.54. The van der Waals surface area contributed by atoms with Gasteiger partial charge in [-0.2, -0.15) is 12.6 Å². The summed E-state index contributed by atoms with van der Waals surface area (Å²) in [6.07, 6.45) is 5.01. The second kappa shape index (κ2) is 6.19. The number of thiol groups is 1. The maximum atomic E-state index is 10.3. The lowest BCUT2D eigenvalue weighted by Crippen LogP contribution is -2.23. The third kappa shape index (κ3) is 7.02. The molecular weight excluding hydrogens is 192 g/mol. The molecule has 1 aliphatic rings. The summed E-state index contributed by atoms with van der Waals surface area (Å²) in [5.41, 5.74) is 0. The highest BCUT2D eigenvalue weighted by molar-refractivity contribution is 7.81. The Labute approximate surface area is 80.3 Å². The highest BCUT2D eigenvalue weighted by Crippen LogP contribution is 1.90. The van der Waals surface area contributed by atoms with Gasteiger partial charge < -0.3 is 9.90 Å². The third-order valence-electron chi connectivity index (χ3n) is 0.953. The van der Waals surface area contributed by atoms with Crippen LogP contribution in [0.5, 0.6) is 0 Å². The fourth-order valence-corrected chi connectivity index (χ4v) is 0.440. The topological polar surface area (TPSA) is 74.3 Å². The molecule has 0 aliphatic heterocycles. The minimum absolute atomic E-state index is 0.121. The minimum Gasteiger partial charge on any atom is -0.549 e. The van der Waals surface area contributed by atoms with Crippen LogP contribution in [0.4, 0.5) is 0 Å². The number of ketones is 2. The van der Waals surface area contributed by atoms with E-state index in [0.717, 1.165) is 0 Å². The number of hydrogen-bond donors (Lipinski definition) is 1. The van der Waals surface area contributed by atoms with Crippen LogP contribution in [-0.4, -0.2) is 23.3 Å². The molecule has 0 unspecified atom stereocenters. The van der Waals surface area contributed by atoms with E-state index in [-0.39, 0.29) is 17.3 Å². The van der Waals surface area contributed by atoms with Gasteiger partial charge in [0.15, 0.2) is 11.6 Å². The first-order valence-corrected chi connectivity index (χ1v) is 3.94. The molecule has 0 aromatic rings. The number of hydrogen-bond acceptors (Lipinski definition) is 5. The average molecular weight is 199 g/mol. The molecule has 0 N–H and O–H groups in total. The van der Waals surface area contributed by atoms with E-state index < -0.39 is 5.97 Å². The Morgan fingerprint density at radius 2 is 1.38 bits per heavy atom. The van der Waals surface area contributed by atoms with Crippen molar-refractivity contribution in [3.05, 3.63) is 24.3 Å². The standard InChI is InChI=1S/C6H4O2.C2H4O2S/c7-5-1-2-6(8)4-3-5;3-2(4)1-5/h1-4H;5H,1H2,(H,3,4)/p-1. The first-order valence-electron chi connectivity index (χ1n) is 3.31. The Morgan fingerprint density at radius 1 is 1.15 bits per heavy atom. The van der Waals surface area contributed by atoms with Crippen LogP contribution in [0.15, 0.2) is 24.3 Å². The summed E-state index contributed by atoms with van der Waals surface area (Å²) in [5, 5.41) is 9.18. The van der Waals surface area contributed by atoms with Crippen molar-refractivity contribution in [3.8, 4) is 0 Å². The molecule has 1 rings (SSSR count). The first-order chi connectivity index (χ1) is 6.06. The van der Waals surface area contributed by atoms with Crippen molar-refractivity contribution < 1.29 is 19.5 Å². The maximum absolute atomic E-state index is 10.3. The summed E-state index contributed by atoms with van der Waals surface area (Å²) in [6, 6.07) is 0. The van der Waals surface area contributed by atoms with Crippen LogP contribution < -0.4 is 5.11 Å². The van der Waals surface area contributed by atoms with E-state index in [9.17, 15) is 19.5 Å². The van der Waals surface area contributed by atoms with Crippen LogP contribution in [-0.2, 0) is 14.4 Å². The van der Waals surface area contributed by atoms with E-state index in [1.165, 1.54) is 24.3 Å². The van der Waals surface area contributed by atoms with Crippen molar-refractivity contribution in [1.82, 2.24) is 0 Å². The predicted molar refractivity (Wildman–Crippen MR) is 47.2 cm³/mol. The molecular formula is C8H7O4S-. The highest BCUT2D eigenvalue weighted by atomic mass is 32.1. The van der Waals surface area contributed by atoms with Crippen molar-refractivity contribution in [1.29, 1.82) is 0 Å². The fraction of sp³-hybridized carbons (Fsp3) is 0.125. The summed E-state index contributed by atoms with van der Waals surface area (Å²) in [5.74, 6) is -1.57. The zero-order chi connectivity index (χ0) is 10.3. The van der Waals surface area contributed by atoms with Crippen LogP contribution in [0.1, 0.15) is 0 Å². The number of carboxylic acid groups (broad SMARTS) is 1. The van der Waals surface area contributed by atoms with E-state index >= 15 is 0 Å². The summed E-state index contributed by atoms with van der Waals surface area (Å²) in [7, 11) is 0. The molecule has 0 saturated heterocycles. The zero-order valence-corrected chi connectivity index (χ0v) is 7.49. The van der Waals surface area contributed by atoms with E-state index in [4.69, 9.17) is 0 Å². The Bertz CT molecular complexity index is 240. The molecule has 0 aromatic carbocycles. The number of carboxylic acids is 1. The molecule has 0 bridgehead atoms. The van der Waals surface area contributed by atoms with Crippen molar-refractivity contribution in [3.63, 3.8) is 0 Å². The Morgan fingerprint density at radius 3 is 1.54 bits per heavy atom. The quantitative estimate of drug-likeness (QED) is 0.430. The SMILES string of the molecule is O=C([O-])CS.O=C1C=CC(=O)C=C1. The van der Waals surface area contributed by atoms with Crippen molar-refractivity contribution >= 4 is 30.2 Å². The molecule has 0 atom stereocenters. The van der Waals surface area contributed by atoms with Gasteiger partial charge in [0.25, 0.3) is 0 Å². The van der Waals surface area contributed by atoms with E-state index in [2.05, 4.69) is 12.6 Å². The zero-order valence-electron chi connectivity index (χ0n) is 6.60. The van der Waals surface area contributed by atoms with Crippen LogP contribution in [0.3, 0.4) is 0 Å². The molecule has 0 radical (unpaired) electrons. The normalized spacial score (nSPS) is 13.6. The summed E-state index contributed by atoms with van der Waals surface area (Å²) in [6.45, 7) is 0. The van der Waals surface area contributed by atoms with E-state index in [0.29, 0.717) is 0 Å². The molecule has 1 aliphatic carbocycles. The average Bonchev–Trinajstić information content (AvgIpc) is 2.11. The third-order valence-corrected chi connectivity index (χ3v) is 1.21. The highest BCUT2D eigenvalue weighted by Gasteiger charge is 1.97. The molecule has 0 saturated carbocycles. The van der Waals surface area contributed by atoms with Crippen LogP contribution in [0.25, 0.3) is 0 Å². The predicted octanol–water partition coefficient (Wildman–Crippen LogP) is -1.08. The molecule has 70 valence electrons.